The number of methoxy groups -OCH3 is 1. The molecule has 16 heavy (non-hydrogen) atoms. The Balaban J connectivity index is 3.23. The fraction of sp³-hybridized carbons (Fsp3) is 0.167. The second-order valence-corrected chi connectivity index (χ2v) is 3.32. The molecule has 0 spiro atoms. The fourth-order valence-corrected chi connectivity index (χ4v) is 1.35. The van der Waals surface area contributed by atoms with Gasteiger partial charge < -0.3 is 4.74 Å². The van der Waals surface area contributed by atoms with Crippen molar-refractivity contribution < 1.29 is 4.74 Å². The van der Waals surface area contributed by atoms with E-state index in [4.69, 9.17) is 16.3 Å². The molecule has 0 bridgehead atoms. The van der Waals surface area contributed by atoms with Gasteiger partial charge >= 0.3 is 0 Å². The molecule has 0 heterocycles. The van der Waals surface area contributed by atoms with Gasteiger partial charge in [0.25, 0.3) is 0 Å². The number of aliphatic imine (C=N–C) groups is 2. The van der Waals surface area contributed by atoms with Crippen LogP contribution in [0.3, 0.4) is 0 Å². The Morgan fingerprint density at radius 3 is 2.69 bits per heavy atom. The molecule has 4 heteroatoms. The number of hydrogen-bond acceptors (Lipinski definition) is 3. The van der Waals surface area contributed by atoms with Gasteiger partial charge in [0, 0.05) is 18.7 Å². The number of rotatable bonds is 4. The average Bonchev–Trinajstić information content (AvgIpc) is 2.35. The molecule has 1 rings (SSSR count). The maximum atomic E-state index is 5.83. The summed E-state index contributed by atoms with van der Waals surface area (Å²) in [5.74, 6) is 0.724. The van der Waals surface area contributed by atoms with Crippen molar-refractivity contribution >= 4 is 29.2 Å². The van der Waals surface area contributed by atoms with Crippen molar-refractivity contribution in [3.8, 4) is 5.75 Å². The standard InChI is InChI=1S/C12H13ClN2O/c1-14-10(8-12(13)15-2)9-6-4-5-7-11(9)16-3/h4-8H,1H2,2-3H3/b10-8-,15-12+. The maximum absolute atomic E-state index is 5.83. The Bertz CT molecular complexity index is 438. The normalized spacial score (nSPS) is 12.4. The summed E-state index contributed by atoms with van der Waals surface area (Å²) in [6.45, 7) is 3.51. The highest BCUT2D eigenvalue weighted by Crippen LogP contribution is 2.26. The molecule has 0 radical (unpaired) electrons. The lowest BCUT2D eigenvalue weighted by molar-refractivity contribution is 0.413. The quantitative estimate of drug-likeness (QED) is 0.740. The molecule has 1 aromatic rings. The number of halogens is 1. The fourth-order valence-electron chi connectivity index (χ4n) is 1.24. The summed E-state index contributed by atoms with van der Waals surface area (Å²) < 4.78 is 5.23. The molecule has 0 atom stereocenters. The van der Waals surface area contributed by atoms with Crippen LogP contribution in [0.5, 0.6) is 5.75 Å². The van der Waals surface area contributed by atoms with Crippen LogP contribution >= 0.6 is 11.6 Å². The summed E-state index contributed by atoms with van der Waals surface area (Å²) in [6.07, 6.45) is 1.65. The molecule has 3 nitrogen and oxygen atoms in total. The van der Waals surface area contributed by atoms with Gasteiger partial charge in [-0.3, -0.25) is 9.98 Å². The monoisotopic (exact) mass is 236 g/mol. The minimum absolute atomic E-state index is 0.369. The summed E-state index contributed by atoms with van der Waals surface area (Å²) in [6, 6.07) is 7.52. The highest BCUT2D eigenvalue weighted by atomic mass is 35.5. The van der Waals surface area contributed by atoms with E-state index in [1.54, 1.807) is 20.2 Å². The van der Waals surface area contributed by atoms with Crippen LogP contribution in [0, 0.1) is 0 Å². The van der Waals surface area contributed by atoms with Gasteiger partial charge in [-0.15, -0.1) is 0 Å². The zero-order chi connectivity index (χ0) is 12.0. The van der Waals surface area contributed by atoms with Gasteiger partial charge in [0.1, 0.15) is 10.9 Å². The molecule has 0 saturated carbocycles. The van der Waals surface area contributed by atoms with Crippen LogP contribution in [-0.2, 0) is 0 Å². The summed E-state index contributed by atoms with van der Waals surface area (Å²) in [7, 11) is 3.22. The Morgan fingerprint density at radius 1 is 1.44 bits per heavy atom. The maximum Gasteiger partial charge on any atom is 0.128 e. The van der Waals surface area contributed by atoms with Gasteiger partial charge in [0.2, 0.25) is 0 Å². The lowest BCUT2D eigenvalue weighted by Crippen LogP contribution is -1.91. The predicted octanol–water partition coefficient (Wildman–Crippen LogP) is 3.00. The van der Waals surface area contributed by atoms with Crippen LogP contribution in [0.25, 0.3) is 5.70 Å². The first-order valence-electron chi connectivity index (χ1n) is 4.67. The van der Waals surface area contributed by atoms with Crippen molar-refractivity contribution in [3.63, 3.8) is 0 Å². The smallest absolute Gasteiger partial charge is 0.128 e. The number of allylic oxidation sites excluding steroid dienone is 1. The van der Waals surface area contributed by atoms with E-state index in [1.165, 1.54) is 0 Å². The van der Waals surface area contributed by atoms with E-state index in [0.717, 1.165) is 11.3 Å². The minimum atomic E-state index is 0.369. The molecule has 0 aliphatic carbocycles. The second-order valence-electron chi connectivity index (χ2n) is 2.93. The van der Waals surface area contributed by atoms with Crippen molar-refractivity contribution in [2.45, 2.75) is 0 Å². The molecule has 0 amide bonds. The van der Waals surface area contributed by atoms with E-state index in [-0.39, 0.29) is 0 Å². The number of nitrogens with zero attached hydrogens (tertiary/aromatic N) is 2. The molecular weight excluding hydrogens is 224 g/mol. The highest BCUT2D eigenvalue weighted by Gasteiger charge is 2.06. The number of benzene rings is 1. The van der Waals surface area contributed by atoms with E-state index in [9.17, 15) is 0 Å². The first-order chi connectivity index (χ1) is 7.72. The Kier molecular flexibility index (Phi) is 4.73. The van der Waals surface area contributed by atoms with Crippen molar-refractivity contribution in [1.29, 1.82) is 0 Å². The molecule has 1 aromatic carbocycles. The second kappa shape index (κ2) is 6.08. The number of hydrogen-bond donors (Lipinski definition) is 0. The molecule has 84 valence electrons. The summed E-state index contributed by atoms with van der Waals surface area (Å²) in [4.78, 5) is 7.75. The summed E-state index contributed by atoms with van der Waals surface area (Å²) in [5, 5.41) is 0.369. The van der Waals surface area contributed by atoms with E-state index < -0.39 is 0 Å². The van der Waals surface area contributed by atoms with Crippen LogP contribution < -0.4 is 4.74 Å². The van der Waals surface area contributed by atoms with Gasteiger partial charge in [-0.25, -0.2) is 0 Å². The SMILES string of the molecule is C=N/C(=C\C(Cl)=N/C)c1ccccc1OC. The third-order valence-electron chi connectivity index (χ3n) is 2.02. The van der Waals surface area contributed by atoms with Crippen LogP contribution in [0.4, 0.5) is 0 Å². The van der Waals surface area contributed by atoms with E-state index >= 15 is 0 Å². The molecule has 0 unspecified atom stereocenters. The average molecular weight is 237 g/mol. The first-order valence-corrected chi connectivity index (χ1v) is 5.04. The lowest BCUT2D eigenvalue weighted by Gasteiger charge is -2.07. The van der Waals surface area contributed by atoms with Gasteiger partial charge in [0.15, 0.2) is 0 Å². The zero-order valence-electron chi connectivity index (χ0n) is 9.27. The minimum Gasteiger partial charge on any atom is -0.496 e. The number of para-hydroxylation sites is 1. The third kappa shape index (κ3) is 2.94. The van der Waals surface area contributed by atoms with E-state index in [1.807, 2.05) is 24.3 Å². The van der Waals surface area contributed by atoms with Gasteiger partial charge in [-0.2, -0.15) is 0 Å². The van der Waals surface area contributed by atoms with Crippen LogP contribution in [0.1, 0.15) is 5.56 Å². The van der Waals surface area contributed by atoms with Crippen LogP contribution in [-0.4, -0.2) is 26.0 Å². The summed E-state index contributed by atoms with van der Waals surface area (Å²) >= 11 is 5.83. The molecule has 0 aromatic heterocycles. The zero-order valence-corrected chi connectivity index (χ0v) is 10.0. The first kappa shape index (κ1) is 12.5. The van der Waals surface area contributed by atoms with Gasteiger partial charge in [-0.1, -0.05) is 23.7 Å². The van der Waals surface area contributed by atoms with Crippen LogP contribution in [0.15, 0.2) is 40.3 Å². The Morgan fingerprint density at radius 2 is 2.12 bits per heavy atom. The van der Waals surface area contributed by atoms with Gasteiger partial charge in [-0.05, 0) is 18.9 Å². The Hall–Kier alpha value is -1.61. The van der Waals surface area contributed by atoms with Crippen molar-refractivity contribution in [3.05, 3.63) is 35.9 Å². The van der Waals surface area contributed by atoms with Crippen molar-refractivity contribution in [1.82, 2.24) is 0 Å². The van der Waals surface area contributed by atoms with E-state index in [0.29, 0.717) is 10.9 Å². The highest BCUT2D eigenvalue weighted by molar-refractivity contribution is 6.68. The topological polar surface area (TPSA) is 34.0 Å². The van der Waals surface area contributed by atoms with Crippen LogP contribution in [0.2, 0.25) is 0 Å². The molecule has 0 aliphatic heterocycles. The van der Waals surface area contributed by atoms with Crippen molar-refractivity contribution in [2.24, 2.45) is 9.98 Å². The predicted molar refractivity (Wildman–Crippen MR) is 69.7 cm³/mol. The van der Waals surface area contributed by atoms with Gasteiger partial charge in [0.05, 0.1) is 12.8 Å². The molecule has 0 saturated heterocycles. The third-order valence-corrected chi connectivity index (χ3v) is 2.30. The lowest BCUT2D eigenvalue weighted by atomic mass is 10.1. The van der Waals surface area contributed by atoms with Crippen molar-refractivity contribution in [2.75, 3.05) is 14.2 Å². The Labute approximate surface area is 100 Å². The molecule has 0 fully saturated rings. The molecule has 0 N–H and O–H groups in total. The summed E-state index contributed by atoms with van der Waals surface area (Å²) in [5.41, 5.74) is 1.47. The van der Waals surface area contributed by atoms with E-state index in [2.05, 4.69) is 16.7 Å². The number of ether oxygens (including phenoxy) is 1. The largest absolute Gasteiger partial charge is 0.496 e. The molecular formula is C12H13ClN2O. The molecule has 0 aliphatic rings.